The Labute approximate surface area is 171 Å². The van der Waals surface area contributed by atoms with E-state index in [4.69, 9.17) is 0 Å². The maximum absolute atomic E-state index is 12.8. The van der Waals surface area contributed by atoms with E-state index in [-0.39, 0.29) is 5.91 Å². The van der Waals surface area contributed by atoms with Gasteiger partial charge in [0.1, 0.15) is 0 Å². The number of carbonyl (C=O) groups is 1. The van der Waals surface area contributed by atoms with Crippen molar-refractivity contribution >= 4 is 23.2 Å². The number of aryl methyl sites for hydroxylation is 3. The molecule has 0 saturated carbocycles. The summed E-state index contributed by atoms with van der Waals surface area (Å²) < 4.78 is 0. The highest BCUT2D eigenvalue weighted by molar-refractivity contribution is 6.04. The van der Waals surface area contributed by atoms with Gasteiger partial charge in [-0.2, -0.15) is 0 Å². The van der Waals surface area contributed by atoms with E-state index >= 15 is 0 Å². The van der Waals surface area contributed by atoms with Gasteiger partial charge < -0.3 is 10.2 Å². The van der Waals surface area contributed by atoms with Gasteiger partial charge in [-0.25, -0.2) is 9.97 Å². The fraction of sp³-hybridized carbons (Fsp3) is 0.292. The molecule has 2 aromatic carbocycles. The van der Waals surface area contributed by atoms with Crippen molar-refractivity contribution in [2.45, 2.75) is 39.5 Å². The summed E-state index contributed by atoms with van der Waals surface area (Å²) in [7, 11) is 0. The second-order valence-corrected chi connectivity index (χ2v) is 7.27. The Kier molecular flexibility index (Phi) is 5.56. The molecule has 0 atom stereocenters. The van der Waals surface area contributed by atoms with E-state index in [1.165, 1.54) is 5.56 Å². The fourth-order valence-corrected chi connectivity index (χ4v) is 3.91. The zero-order chi connectivity index (χ0) is 20.2. The SMILES string of the molecule is CCc1cccc(CC)c1NC(=O)c1cnc(N2CCCc3ccccc32)nc1. The Bertz CT molecular complexity index is 991. The zero-order valence-electron chi connectivity index (χ0n) is 17.0. The number of para-hydroxylation sites is 2. The third-order valence-electron chi connectivity index (χ3n) is 5.49. The topological polar surface area (TPSA) is 58.1 Å². The van der Waals surface area contributed by atoms with Crippen molar-refractivity contribution in [2.24, 2.45) is 0 Å². The van der Waals surface area contributed by atoms with Crippen LogP contribution >= 0.6 is 0 Å². The number of hydrogen-bond acceptors (Lipinski definition) is 4. The Morgan fingerprint density at radius 3 is 2.38 bits per heavy atom. The molecule has 3 aromatic rings. The van der Waals surface area contributed by atoms with Crippen molar-refractivity contribution in [1.29, 1.82) is 0 Å². The minimum atomic E-state index is -0.175. The van der Waals surface area contributed by atoms with E-state index in [1.54, 1.807) is 12.4 Å². The lowest BCUT2D eigenvalue weighted by atomic mass is 10.0. The van der Waals surface area contributed by atoms with E-state index < -0.39 is 0 Å². The van der Waals surface area contributed by atoms with Crippen LogP contribution in [0.15, 0.2) is 54.9 Å². The number of amides is 1. The van der Waals surface area contributed by atoms with Crippen LogP contribution in [0.4, 0.5) is 17.3 Å². The van der Waals surface area contributed by atoms with Gasteiger partial charge in [-0.3, -0.25) is 4.79 Å². The summed E-state index contributed by atoms with van der Waals surface area (Å²) in [4.78, 5) is 24.0. The lowest BCUT2D eigenvalue weighted by molar-refractivity contribution is 0.102. The van der Waals surface area contributed by atoms with Crippen molar-refractivity contribution < 1.29 is 4.79 Å². The first-order chi connectivity index (χ1) is 14.2. The Morgan fingerprint density at radius 2 is 1.69 bits per heavy atom. The molecule has 0 unspecified atom stereocenters. The summed E-state index contributed by atoms with van der Waals surface area (Å²) in [6.45, 7) is 5.07. The third-order valence-corrected chi connectivity index (χ3v) is 5.49. The third kappa shape index (κ3) is 3.86. The van der Waals surface area contributed by atoms with Crippen LogP contribution in [0.3, 0.4) is 0 Å². The lowest BCUT2D eigenvalue weighted by Crippen LogP contribution is -2.26. The molecule has 1 N–H and O–H groups in total. The molecule has 5 nitrogen and oxygen atoms in total. The predicted octanol–water partition coefficient (Wildman–Crippen LogP) is 4.94. The Hall–Kier alpha value is -3.21. The highest BCUT2D eigenvalue weighted by atomic mass is 16.1. The van der Waals surface area contributed by atoms with Gasteiger partial charge in [0.15, 0.2) is 0 Å². The summed E-state index contributed by atoms with van der Waals surface area (Å²) in [5.74, 6) is 0.461. The number of rotatable bonds is 5. The molecule has 5 heteroatoms. The normalized spacial score (nSPS) is 13.1. The molecule has 148 valence electrons. The quantitative estimate of drug-likeness (QED) is 0.675. The molecule has 1 amide bonds. The van der Waals surface area contributed by atoms with Crippen LogP contribution in [0.2, 0.25) is 0 Å². The second kappa shape index (κ2) is 8.43. The molecular formula is C24H26N4O. The van der Waals surface area contributed by atoms with Crippen molar-refractivity contribution in [3.05, 3.63) is 77.1 Å². The fourth-order valence-electron chi connectivity index (χ4n) is 3.91. The van der Waals surface area contributed by atoms with Crippen molar-refractivity contribution in [3.8, 4) is 0 Å². The van der Waals surface area contributed by atoms with E-state index in [0.717, 1.165) is 54.7 Å². The average Bonchev–Trinajstić information content (AvgIpc) is 2.79. The second-order valence-electron chi connectivity index (χ2n) is 7.27. The maximum atomic E-state index is 12.8. The molecule has 4 rings (SSSR count). The zero-order valence-corrected chi connectivity index (χ0v) is 17.0. The van der Waals surface area contributed by atoms with Gasteiger partial charge in [-0.15, -0.1) is 0 Å². The number of anilines is 3. The molecule has 29 heavy (non-hydrogen) atoms. The molecule has 0 bridgehead atoms. The highest BCUT2D eigenvalue weighted by Crippen LogP contribution is 2.31. The number of aromatic nitrogens is 2. The van der Waals surface area contributed by atoms with Gasteiger partial charge in [-0.1, -0.05) is 50.2 Å². The minimum Gasteiger partial charge on any atom is -0.321 e. The monoisotopic (exact) mass is 386 g/mol. The van der Waals surface area contributed by atoms with Gasteiger partial charge in [0.25, 0.3) is 5.91 Å². The smallest absolute Gasteiger partial charge is 0.258 e. The largest absolute Gasteiger partial charge is 0.321 e. The Morgan fingerprint density at radius 1 is 1.00 bits per heavy atom. The molecular weight excluding hydrogens is 360 g/mol. The minimum absolute atomic E-state index is 0.175. The standard InChI is InChI=1S/C24H26N4O/c1-3-17-10-7-11-18(4-2)22(17)27-23(29)20-15-25-24(26-16-20)28-14-8-12-19-9-5-6-13-21(19)28/h5-7,9-11,13,15-16H,3-4,8,12,14H2,1-2H3,(H,27,29). The average molecular weight is 386 g/mol. The first kappa shape index (κ1) is 19.1. The molecule has 1 aliphatic rings. The first-order valence-electron chi connectivity index (χ1n) is 10.3. The molecule has 0 spiro atoms. The Balaban J connectivity index is 1.56. The van der Waals surface area contributed by atoms with Crippen LogP contribution in [0.1, 0.15) is 47.3 Å². The predicted molar refractivity (Wildman–Crippen MR) is 117 cm³/mol. The molecule has 0 radical (unpaired) electrons. The number of nitrogens with one attached hydrogen (secondary N) is 1. The molecule has 0 fully saturated rings. The molecule has 1 aromatic heterocycles. The molecule has 0 aliphatic carbocycles. The van der Waals surface area contributed by atoms with Crippen LogP contribution in [0.25, 0.3) is 0 Å². The number of carbonyl (C=O) groups excluding carboxylic acids is 1. The molecule has 1 aliphatic heterocycles. The van der Waals surface area contributed by atoms with Crippen molar-refractivity contribution in [2.75, 3.05) is 16.8 Å². The van der Waals surface area contributed by atoms with Gasteiger partial charge in [0, 0.05) is 30.3 Å². The maximum Gasteiger partial charge on any atom is 0.258 e. The van der Waals surface area contributed by atoms with Gasteiger partial charge in [0.05, 0.1) is 5.56 Å². The summed E-state index contributed by atoms with van der Waals surface area (Å²) in [6.07, 6.45) is 7.12. The summed E-state index contributed by atoms with van der Waals surface area (Å²) in [5, 5.41) is 3.08. The number of benzene rings is 2. The first-order valence-corrected chi connectivity index (χ1v) is 10.3. The van der Waals surface area contributed by atoms with E-state index in [1.807, 2.05) is 12.1 Å². The summed E-state index contributed by atoms with van der Waals surface area (Å²) in [5.41, 5.74) is 6.12. The highest BCUT2D eigenvalue weighted by Gasteiger charge is 2.20. The van der Waals surface area contributed by atoms with E-state index in [0.29, 0.717) is 11.5 Å². The van der Waals surface area contributed by atoms with Gasteiger partial charge in [0.2, 0.25) is 5.95 Å². The van der Waals surface area contributed by atoms with Crippen molar-refractivity contribution in [1.82, 2.24) is 9.97 Å². The van der Waals surface area contributed by atoms with Crippen LogP contribution in [0, 0.1) is 0 Å². The number of nitrogens with zero attached hydrogens (tertiary/aromatic N) is 3. The molecule has 0 saturated heterocycles. The summed E-state index contributed by atoms with van der Waals surface area (Å²) >= 11 is 0. The van der Waals surface area contributed by atoms with Gasteiger partial charge >= 0.3 is 0 Å². The number of hydrogen-bond donors (Lipinski definition) is 1. The summed E-state index contributed by atoms with van der Waals surface area (Å²) in [6, 6.07) is 14.5. The van der Waals surface area contributed by atoms with Crippen LogP contribution in [-0.2, 0) is 19.3 Å². The van der Waals surface area contributed by atoms with E-state index in [2.05, 4.69) is 64.4 Å². The number of fused-ring (bicyclic) bond motifs is 1. The van der Waals surface area contributed by atoms with Gasteiger partial charge in [-0.05, 0) is 48.4 Å². The van der Waals surface area contributed by atoms with Crippen LogP contribution in [-0.4, -0.2) is 22.4 Å². The molecule has 2 heterocycles. The van der Waals surface area contributed by atoms with Crippen molar-refractivity contribution in [3.63, 3.8) is 0 Å². The van der Waals surface area contributed by atoms with Crippen LogP contribution in [0.5, 0.6) is 0 Å². The lowest BCUT2D eigenvalue weighted by Gasteiger charge is -2.29. The van der Waals surface area contributed by atoms with E-state index in [9.17, 15) is 4.79 Å². The van der Waals surface area contributed by atoms with Crippen LogP contribution < -0.4 is 10.2 Å².